The lowest BCUT2D eigenvalue weighted by atomic mass is 10.2. The van der Waals surface area contributed by atoms with Gasteiger partial charge in [-0.05, 0) is 25.1 Å². The number of rotatable bonds is 3. The van der Waals surface area contributed by atoms with Gasteiger partial charge in [-0.15, -0.1) is 0 Å². The highest BCUT2D eigenvalue weighted by Crippen LogP contribution is 2.28. The highest BCUT2D eigenvalue weighted by molar-refractivity contribution is 9.10. The zero-order valence-electron chi connectivity index (χ0n) is 12.4. The van der Waals surface area contributed by atoms with Gasteiger partial charge in [-0.2, -0.15) is 0 Å². The van der Waals surface area contributed by atoms with Gasteiger partial charge in [0, 0.05) is 23.3 Å². The topological polar surface area (TPSA) is 87.9 Å². The number of amides is 1. The number of fused-ring (bicyclic) bond motifs is 3. The summed E-state index contributed by atoms with van der Waals surface area (Å²) in [5.74, 6) is 1.13. The zero-order valence-corrected chi connectivity index (χ0v) is 13.9. The number of imidazole rings is 1. The van der Waals surface area contributed by atoms with E-state index in [2.05, 4.69) is 30.9 Å². The van der Waals surface area contributed by atoms with E-state index in [4.69, 9.17) is 5.73 Å². The predicted molar refractivity (Wildman–Crippen MR) is 90.3 cm³/mol. The number of pyridine rings is 1. The summed E-state index contributed by atoms with van der Waals surface area (Å²) in [6.07, 6.45) is 0. The molecule has 0 saturated heterocycles. The maximum atomic E-state index is 11.6. The molecule has 0 aliphatic carbocycles. The molecule has 0 saturated carbocycles. The van der Waals surface area contributed by atoms with Crippen LogP contribution < -0.4 is 5.73 Å². The van der Waals surface area contributed by atoms with Crippen molar-refractivity contribution in [3.8, 4) is 0 Å². The van der Waals surface area contributed by atoms with Gasteiger partial charge in [-0.25, -0.2) is 9.97 Å². The predicted octanol–water partition coefficient (Wildman–Crippen LogP) is 2.82. The van der Waals surface area contributed by atoms with E-state index in [0.29, 0.717) is 30.2 Å². The number of hydrogen-bond donors (Lipinski definition) is 2. The van der Waals surface area contributed by atoms with Crippen LogP contribution in [0.25, 0.3) is 21.9 Å². The number of aromatic nitrogens is 3. The number of nitrogens with two attached hydrogens (primary N) is 1. The van der Waals surface area contributed by atoms with Crippen LogP contribution in [0.5, 0.6) is 0 Å². The molecule has 3 aromatic rings. The molecule has 0 aliphatic rings. The third-order valence-electron chi connectivity index (χ3n) is 3.63. The van der Waals surface area contributed by atoms with Crippen LogP contribution >= 0.6 is 15.9 Å². The largest absolute Gasteiger partial charge is 0.382 e. The molecule has 6 nitrogen and oxygen atoms in total. The Kier molecular flexibility index (Phi) is 3.74. The van der Waals surface area contributed by atoms with Gasteiger partial charge in [-0.3, -0.25) is 4.79 Å². The number of H-pyrrole nitrogens is 1. The summed E-state index contributed by atoms with van der Waals surface area (Å²) in [6.45, 7) is 4.54. The molecule has 1 amide bonds. The van der Waals surface area contributed by atoms with Crippen molar-refractivity contribution in [2.45, 2.75) is 20.4 Å². The number of carbonyl (C=O) groups is 1. The maximum Gasteiger partial charge on any atom is 0.219 e. The fourth-order valence-corrected chi connectivity index (χ4v) is 2.85. The first kappa shape index (κ1) is 14.8. The van der Waals surface area contributed by atoms with Crippen LogP contribution in [0.15, 0.2) is 22.7 Å². The van der Waals surface area contributed by atoms with Crippen LogP contribution in [-0.2, 0) is 11.3 Å². The number of nitrogen functional groups attached to an aromatic ring is 1. The quantitative estimate of drug-likeness (QED) is 0.750. The lowest BCUT2D eigenvalue weighted by Gasteiger charge is -2.16. The molecule has 0 fully saturated rings. The van der Waals surface area contributed by atoms with E-state index in [-0.39, 0.29) is 5.91 Å². The van der Waals surface area contributed by atoms with Crippen molar-refractivity contribution in [3.63, 3.8) is 0 Å². The second-order valence-electron chi connectivity index (χ2n) is 5.10. The summed E-state index contributed by atoms with van der Waals surface area (Å²) in [5.41, 5.74) is 8.30. The molecule has 0 unspecified atom stereocenters. The SMILES string of the molecule is CCN(Cc1nc2c([nH]1)c(N)nc1ccc(Br)cc12)C(C)=O. The molecule has 0 aliphatic heterocycles. The Labute approximate surface area is 135 Å². The highest BCUT2D eigenvalue weighted by atomic mass is 79.9. The average Bonchev–Trinajstić information content (AvgIpc) is 2.90. The minimum atomic E-state index is 0.0154. The van der Waals surface area contributed by atoms with E-state index in [1.165, 1.54) is 0 Å². The van der Waals surface area contributed by atoms with Gasteiger partial charge in [0.05, 0.1) is 12.1 Å². The Hall–Kier alpha value is -2.15. The Bertz CT molecular complexity index is 873. The van der Waals surface area contributed by atoms with Gasteiger partial charge in [0.2, 0.25) is 5.91 Å². The summed E-state index contributed by atoms with van der Waals surface area (Å²) in [5, 5.41) is 0.923. The van der Waals surface area contributed by atoms with E-state index in [1.54, 1.807) is 11.8 Å². The van der Waals surface area contributed by atoms with Crippen LogP contribution in [0, 0.1) is 0 Å². The second-order valence-corrected chi connectivity index (χ2v) is 6.01. The lowest BCUT2D eigenvalue weighted by molar-refractivity contribution is -0.129. The van der Waals surface area contributed by atoms with E-state index in [9.17, 15) is 4.79 Å². The molecular formula is C15H16BrN5O. The normalized spacial score (nSPS) is 11.2. The number of aromatic amines is 1. The number of nitrogens with one attached hydrogen (secondary N) is 1. The molecule has 2 aromatic heterocycles. The molecule has 1 aromatic carbocycles. The van der Waals surface area contributed by atoms with E-state index in [1.807, 2.05) is 25.1 Å². The molecule has 0 atom stereocenters. The minimum Gasteiger partial charge on any atom is -0.382 e. The van der Waals surface area contributed by atoms with Crippen LogP contribution in [0.4, 0.5) is 5.82 Å². The van der Waals surface area contributed by atoms with Crippen LogP contribution in [0.2, 0.25) is 0 Å². The summed E-state index contributed by atoms with van der Waals surface area (Å²) < 4.78 is 0.955. The molecule has 22 heavy (non-hydrogen) atoms. The summed E-state index contributed by atoms with van der Waals surface area (Å²) in [4.78, 5) is 25.5. The first-order valence-electron chi connectivity index (χ1n) is 6.98. The van der Waals surface area contributed by atoms with Crippen LogP contribution in [0.3, 0.4) is 0 Å². The monoisotopic (exact) mass is 361 g/mol. The molecule has 0 spiro atoms. The highest BCUT2D eigenvalue weighted by Gasteiger charge is 2.14. The van der Waals surface area contributed by atoms with Crippen molar-refractivity contribution in [1.29, 1.82) is 0 Å². The number of halogens is 1. The fourth-order valence-electron chi connectivity index (χ4n) is 2.49. The van der Waals surface area contributed by atoms with Gasteiger partial charge in [-0.1, -0.05) is 15.9 Å². The Morgan fingerprint density at radius 1 is 1.41 bits per heavy atom. The van der Waals surface area contributed by atoms with Crippen molar-refractivity contribution in [3.05, 3.63) is 28.5 Å². The molecule has 114 valence electrons. The van der Waals surface area contributed by atoms with E-state index in [0.717, 1.165) is 20.9 Å². The van der Waals surface area contributed by atoms with Gasteiger partial charge in [0.25, 0.3) is 0 Å². The molecule has 3 rings (SSSR count). The third kappa shape index (κ3) is 2.52. The van der Waals surface area contributed by atoms with Crippen LogP contribution in [-0.4, -0.2) is 32.3 Å². The van der Waals surface area contributed by atoms with Crippen LogP contribution in [0.1, 0.15) is 19.7 Å². The molecular weight excluding hydrogens is 346 g/mol. The van der Waals surface area contributed by atoms with Gasteiger partial charge >= 0.3 is 0 Å². The molecule has 0 bridgehead atoms. The van der Waals surface area contributed by atoms with E-state index < -0.39 is 0 Å². The number of carbonyl (C=O) groups excluding carboxylic acids is 1. The summed E-state index contributed by atoms with van der Waals surface area (Å²) in [6, 6.07) is 5.79. The number of hydrogen-bond acceptors (Lipinski definition) is 4. The summed E-state index contributed by atoms with van der Waals surface area (Å²) >= 11 is 3.46. The minimum absolute atomic E-state index is 0.0154. The van der Waals surface area contributed by atoms with Crippen molar-refractivity contribution in [1.82, 2.24) is 19.9 Å². The number of benzene rings is 1. The Balaban J connectivity index is 2.16. The molecule has 7 heteroatoms. The summed E-state index contributed by atoms with van der Waals surface area (Å²) in [7, 11) is 0. The van der Waals surface area contributed by atoms with Crippen molar-refractivity contribution >= 4 is 49.6 Å². The first-order chi connectivity index (χ1) is 10.5. The first-order valence-corrected chi connectivity index (χ1v) is 7.77. The van der Waals surface area contributed by atoms with E-state index >= 15 is 0 Å². The Morgan fingerprint density at radius 3 is 2.86 bits per heavy atom. The maximum absolute atomic E-state index is 11.6. The van der Waals surface area contributed by atoms with Gasteiger partial charge < -0.3 is 15.6 Å². The lowest BCUT2D eigenvalue weighted by Crippen LogP contribution is -2.28. The average molecular weight is 362 g/mol. The Morgan fingerprint density at radius 2 is 2.18 bits per heavy atom. The van der Waals surface area contributed by atoms with Crippen molar-refractivity contribution in [2.24, 2.45) is 0 Å². The van der Waals surface area contributed by atoms with Crippen molar-refractivity contribution < 1.29 is 4.79 Å². The van der Waals surface area contributed by atoms with Crippen molar-refractivity contribution in [2.75, 3.05) is 12.3 Å². The standard InChI is InChI=1S/C15H16BrN5O/c1-3-21(8(2)22)7-12-19-13-10-6-9(16)4-5-11(10)18-15(17)14(13)20-12/h4-6H,3,7H2,1-2H3,(H2,17,18)(H,19,20). The fraction of sp³-hybridized carbons (Fsp3) is 0.267. The second kappa shape index (κ2) is 5.57. The third-order valence-corrected chi connectivity index (χ3v) is 4.12. The smallest absolute Gasteiger partial charge is 0.219 e. The molecule has 2 heterocycles. The number of anilines is 1. The molecule has 0 radical (unpaired) electrons. The molecule has 3 N–H and O–H groups in total. The zero-order chi connectivity index (χ0) is 15.9. The van der Waals surface area contributed by atoms with Gasteiger partial charge in [0.1, 0.15) is 22.7 Å². The van der Waals surface area contributed by atoms with Gasteiger partial charge in [0.15, 0.2) is 0 Å². The number of nitrogens with zero attached hydrogens (tertiary/aromatic N) is 3.